The summed E-state index contributed by atoms with van der Waals surface area (Å²) in [5, 5.41) is 7.46. The lowest BCUT2D eigenvalue weighted by molar-refractivity contribution is -0.117. The third kappa shape index (κ3) is 4.01. The second-order valence-electron chi connectivity index (χ2n) is 6.69. The van der Waals surface area contributed by atoms with E-state index >= 15 is 0 Å². The van der Waals surface area contributed by atoms with Gasteiger partial charge in [-0.15, -0.1) is 11.3 Å². The predicted octanol–water partition coefficient (Wildman–Crippen LogP) is 3.41. The van der Waals surface area contributed by atoms with E-state index in [2.05, 4.69) is 15.4 Å². The van der Waals surface area contributed by atoms with Crippen molar-refractivity contribution in [3.05, 3.63) is 63.1 Å². The molecule has 3 aromatic rings. The fourth-order valence-electron chi connectivity index (χ4n) is 3.25. The first-order valence-electron chi connectivity index (χ1n) is 9.21. The van der Waals surface area contributed by atoms with Crippen molar-refractivity contribution < 1.29 is 9.18 Å². The third-order valence-electron chi connectivity index (χ3n) is 4.65. The molecule has 0 bridgehead atoms. The minimum absolute atomic E-state index is 0.259. The smallest absolute Gasteiger partial charge is 0.267 e. The van der Waals surface area contributed by atoms with Crippen molar-refractivity contribution in [2.24, 2.45) is 0 Å². The number of amides is 1. The van der Waals surface area contributed by atoms with E-state index < -0.39 is 11.4 Å². The van der Waals surface area contributed by atoms with E-state index in [-0.39, 0.29) is 18.0 Å². The molecule has 0 fully saturated rings. The van der Waals surface area contributed by atoms with Crippen LogP contribution in [-0.4, -0.2) is 20.7 Å². The van der Waals surface area contributed by atoms with Crippen molar-refractivity contribution in [2.45, 2.75) is 38.6 Å². The molecule has 0 atom stereocenters. The lowest BCUT2D eigenvalue weighted by Gasteiger charge is -2.07. The molecule has 0 unspecified atom stereocenters. The first-order chi connectivity index (χ1) is 13.6. The zero-order valence-corrected chi connectivity index (χ0v) is 16.0. The molecule has 0 spiro atoms. The predicted molar refractivity (Wildman–Crippen MR) is 106 cm³/mol. The fraction of sp³-hybridized carbons (Fsp3) is 0.300. The van der Waals surface area contributed by atoms with Crippen LogP contribution in [0.4, 0.5) is 9.52 Å². The van der Waals surface area contributed by atoms with Crippen molar-refractivity contribution in [1.29, 1.82) is 0 Å². The molecular formula is C20H19FN4O2S. The zero-order valence-electron chi connectivity index (χ0n) is 15.2. The van der Waals surface area contributed by atoms with Crippen LogP contribution >= 0.6 is 11.3 Å². The largest absolute Gasteiger partial charge is 0.300 e. The van der Waals surface area contributed by atoms with E-state index in [1.165, 1.54) is 40.8 Å². The maximum atomic E-state index is 14.0. The highest BCUT2D eigenvalue weighted by Crippen LogP contribution is 2.28. The Labute approximate surface area is 165 Å². The second-order valence-corrected chi connectivity index (χ2v) is 7.78. The summed E-state index contributed by atoms with van der Waals surface area (Å²) in [6.07, 6.45) is 5.40. The molecular weight excluding hydrogens is 379 g/mol. The number of nitrogens with one attached hydrogen (secondary N) is 1. The first-order valence-corrected chi connectivity index (χ1v) is 10.0. The molecule has 2 heterocycles. The molecule has 0 saturated heterocycles. The Balaban J connectivity index is 1.51. The van der Waals surface area contributed by atoms with Crippen LogP contribution in [0, 0.1) is 5.82 Å². The van der Waals surface area contributed by atoms with Crippen molar-refractivity contribution in [2.75, 3.05) is 5.32 Å². The van der Waals surface area contributed by atoms with Gasteiger partial charge in [0.05, 0.1) is 11.4 Å². The highest BCUT2D eigenvalue weighted by atomic mass is 32.1. The summed E-state index contributed by atoms with van der Waals surface area (Å²) in [7, 11) is 0. The quantitative estimate of drug-likeness (QED) is 0.683. The van der Waals surface area contributed by atoms with Crippen molar-refractivity contribution in [1.82, 2.24) is 14.8 Å². The highest BCUT2D eigenvalue weighted by Gasteiger charge is 2.16. The first kappa shape index (κ1) is 18.5. The van der Waals surface area contributed by atoms with Crippen LogP contribution < -0.4 is 10.9 Å². The van der Waals surface area contributed by atoms with Gasteiger partial charge in [-0.05, 0) is 43.9 Å². The summed E-state index contributed by atoms with van der Waals surface area (Å²) in [6.45, 7) is -0.259. The van der Waals surface area contributed by atoms with E-state index in [4.69, 9.17) is 0 Å². The number of hydrogen-bond donors (Lipinski definition) is 1. The lowest BCUT2D eigenvalue weighted by Crippen LogP contribution is -2.29. The minimum atomic E-state index is -0.436. The Hall–Kier alpha value is -2.87. The molecule has 0 aliphatic heterocycles. The molecule has 1 aromatic carbocycles. The van der Waals surface area contributed by atoms with E-state index in [0.29, 0.717) is 10.8 Å². The van der Waals surface area contributed by atoms with Crippen LogP contribution in [0.1, 0.15) is 29.8 Å². The molecule has 28 heavy (non-hydrogen) atoms. The maximum absolute atomic E-state index is 14.0. The molecule has 8 heteroatoms. The van der Waals surface area contributed by atoms with Crippen molar-refractivity contribution >= 4 is 22.4 Å². The van der Waals surface area contributed by atoms with Crippen LogP contribution in [0.2, 0.25) is 0 Å². The number of fused-ring (bicyclic) bond motifs is 1. The average Bonchev–Trinajstić information content (AvgIpc) is 2.92. The minimum Gasteiger partial charge on any atom is -0.300 e. The number of thiazole rings is 1. The van der Waals surface area contributed by atoms with Gasteiger partial charge in [-0.2, -0.15) is 5.10 Å². The second kappa shape index (κ2) is 8.02. The Morgan fingerprint density at radius 3 is 2.82 bits per heavy atom. The van der Waals surface area contributed by atoms with Crippen LogP contribution in [0.5, 0.6) is 0 Å². The number of carbonyl (C=O) groups excluding carboxylic acids is 1. The van der Waals surface area contributed by atoms with Crippen molar-refractivity contribution in [3.63, 3.8) is 0 Å². The number of aryl methyl sites for hydroxylation is 2. The van der Waals surface area contributed by atoms with Gasteiger partial charge in [0.15, 0.2) is 5.13 Å². The van der Waals surface area contributed by atoms with Gasteiger partial charge in [0, 0.05) is 16.5 Å². The molecule has 1 aliphatic carbocycles. The average molecular weight is 398 g/mol. The van der Waals surface area contributed by atoms with Gasteiger partial charge in [0.25, 0.3) is 5.56 Å². The van der Waals surface area contributed by atoms with E-state index in [0.717, 1.165) is 36.1 Å². The number of nitrogens with zero attached hydrogens (tertiary/aromatic N) is 3. The third-order valence-corrected chi connectivity index (χ3v) is 5.72. The number of rotatable bonds is 4. The maximum Gasteiger partial charge on any atom is 0.267 e. The Kier molecular flexibility index (Phi) is 5.29. The fourth-order valence-corrected chi connectivity index (χ4v) is 4.32. The molecule has 4 rings (SSSR count). The monoisotopic (exact) mass is 398 g/mol. The molecule has 2 aromatic heterocycles. The lowest BCUT2D eigenvalue weighted by atomic mass is 10.1. The Morgan fingerprint density at radius 1 is 1.14 bits per heavy atom. The van der Waals surface area contributed by atoms with Gasteiger partial charge in [0.1, 0.15) is 12.4 Å². The van der Waals surface area contributed by atoms with Crippen LogP contribution in [0.25, 0.3) is 11.3 Å². The van der Waals surface area contributed by atoms with Crippen LogP contribution in [-0.2, 0) is 24.2 Å². The molecule has 1 aliphatic rings. The molecule has 0 radical (unpaired) electrons. The van der Waals surface area contributed by atoms with E-state index in [9.17, 15) is 14.0 Å². The standard InChI is InChI=1S/C20H19FN4O2S/c21-14-7-5-4-6-13(14)15-10-11-19(27)25(24-15)12-18(26)23-20-22-16-8-2-1-3-9-17(16)28-20/h4-7,10-11H,1-3,8-9,12H2,(H,22,23,26). The van der Waals surface area contributed by atoms with Crippen molar-refractivity contribution in [3.8, 4) is 11.3 Å². The number of carbonyl (C=O) groups is 1. The summed E-state index contributed by atoms with van der Waals surface area (Å²) in [5.74, 6) is -0.821. The Morgan fingerprint density at radius 2 is 1.96 bits per heavy atom. The number of aromatic nitrogens is 3. The number of halogens is 1. The number of hydrogen-bond acceptors (Lipinski definition) is 5. The normalized spacial score (nSPS) is 13.6. The zero-order chi connectivity index (χ0) is 19.5. The van der Waals surface area contributed by atoms with Crippen LogP contribution in [0.3, 0.4) is 0 Å². The molecule has 0 saturated carbocycles. The summed E-state index contributed by atoms with van der Waals surface area (Å²) in [5.41, 5.74) is 1.21. The van der Waals surface area contributed by atoms with Gasteiger partial charge < -0.3 is 5.32 Å². The summed E-state index contributed by atoms with van der Waals surface area (Å²) < 4.78 is 15.0. The van der Waals surface area contributed by atoms with E-state index in [1.54, 1.807) is 18.2 Å². The molecule has 6 nitrogen and oxygen atoms in total. The summed E-state index contributed by atoms with van der Waals surface area (Å²) in [4.78, 5) is 30.2. The number of anilines is 1. The summed E-state index contributed by atoms with van der Waals surface area (Å²) in [6, 6.07) is 8.91. The van der Waals surface area contributed by atoms with Gasteiger partial charge in [-0.3, -0.25) is 9.59 Å². The van der Waals surface area contributed by atoms with Gasteiger partial charge in [0.2, 0.25) is 5.91 Å². The van der Waals surface area contributed by atoms with Crippen LogP contribution in [0.15, 0.2) is 41.2 Å². The van der Waals surface area contributed by atoms with E-state index in [1.807, 2.05) is 0 Å². The van der Waals surface area contributed by atoms with Gasteiger partial charge in [-0.1, -0.05) is 18.6 Å². The molecule has 1 amide bonds. The van der Waals surface area contributed by atoms with Gasteiger partial charge in [-0.25, -0.2) is 14.1 Å². The SMILES string of the molecule is O=C(Cn1nc(-c2ccccc2F)ccc1=O)Nc1nc2c(s1)CCCCC2. The topological polar surface area (TPSA) is 76.9 Å². The molecule has 1 N–H and O–H groups in total. The van der Waals surface area contributed by atoms with Gasteiger partial charge >= 0.3 is 0 Å². The molecule has 144 valence electrons. The highest BCUT2D eigenvalue weighted by molar-refractivity contribution is 7.15. The Bertz CT molecular complexity index is 1050. The number of benzene rings is 1. The summed E-state index contributed by atoms with van der Waals surface area (Å²) >= 11 is 1.49.